The zero-order valence-electron chi connectivity index (χ0n) is 11.6. The Labute approximate surface area is 121 Å². The van der Waals surface area contributed by atoms with E-state index in [-0.39, 0.29) is 5.91 Å². The van der Waals surface area contributed by atoms with E-state index in [1.807, 2.05) is 6.92 Å². The van der Waals surface area contributed by atoms with E-state index in [4.69, 9.17) is 0 Å². The number of amides is 2. The maximum absolute atomic E-state index is 12.1. The Balaban J connectivity index is 2.81. The van der Waals surface area contributed by atoms with E-state index in [2.05, 4.69) is 10.6 Å². The summed E-state index contributed by atoms with van der Waals surface area (Å²) >= 11 is 1.10. The molecule has 3 N–H and O–H groups in total. The molecule has 1 heterocycles. The highest BCUT2D eigenvalue weighted by Crippen LogP contribution is 2.23. The van der Waals surface area contributed by atoms with Gasteiger partial charge in [-0.05, 0) is 25.5 Å². The van der Waals surface area contributed by atoms with Gasteiger partial charge in [0, 0.05) is 6.92 Å². The van der Waals surface area contributed by atoms with Gasteiger partial charge in [-0.15, -0.1) is 11.3 Å². The highest BCUT2D eigenvalue weighted by Gasteiger charge is 2.34. The molecule has 110 valence electrons. The number of hydrogen-bond acceptors (Lipinski definition) is 4. The first-order valence-corrected chi connectivity index (χ1v) is 7.03. The predicted molar refractivity (Wildman–Crippen MR) is 77.0 cm³/mol. The van der Waals surface area contributed by atoms with Crippen molar-refractivity contribution in [2.45, 2.75) is 39.2 Å². The van der Waals surface area contributed by atoms with E-state index in [0.29, 0.717) is 22.7 Å². The van der Waals surface area contributed by atoms with Gasteiger partial charge in [0.05, 0.1) is 9.88 Å². The van der Waals surface area contributed by atoms with Gasteiger partial charge < -0.3 is 15.7 Å². The molecule has 0 saturated heterocycles. The Morgan fingerprint density at radius 3 is 2.50 bits per heavy atom. The van der Waals surface area contributed by atoms with E-state index >= 15 is 0 Å². The minimum atomic E-state index is -1.29. The van der Waals surface area contributed by atoms with Crippen LogP contribution in [0, 0.1) is 0 Å². The summed E-state index contributed by atoms with van der Waals surface area (Å²) in [5.41, 5.74) is -1.29. The summed E-state index contributed by atoms with van der Waals surface area (Å²) in [4.78, 5) is 34.6. The average molecular weight is 298 g/mol. The van der Waals surface area contributed by atoms with E-state index in [0.717, 1.165) is 11.3 Å². The van der Waals surface area contributed by atoms with Crippen LogP contribution in [0.1, 0.15) is 43.3 Å². The van der Waals surface area contributed by atoms with Gasteiger partial charge in [0.1, 0.15) is 5.54 Å². The Kier molecular flexibility index (Phi) is 5.26. The molecule has 0 spiro atoms. The number of carbonyl (C=O) groups excluding carboxylic acids is 2. The van der Waals surface area contributed by atoms with Gasteiger partial charge in [-0.25, -0.2) is 4.79 Å². The van der Waals surface area contributed by atoms with Crippen LogP contribution in [0.15, 0.2) is 12.1 Å². The van der Waals surface area contributed by atoms with Gasteiger partial charge in [-0.3, -0.25) is 9.59 Å². The van der Waals surface area contributed by atoms with Crippen molar-refractivity contribution < 1.29 is 19.5 Å². The number of aliphatic carboxylic acids is 1. The highest BCUT2D eigenvalue weighted by atomic mass is 32.1. The standard InChI is InChI=1S/C13H18N2O4S/c1-4-7-13(3,12(18)19)15-11(17)9-5-6-10(20-9)14-8(2)16/h5-6H,4,7H2,1-3H3,(H,14,16)(H,15,17)(H,18,19). The minimum Gasteiger partial charge on any atom is -0.480 e. The van der Waals surface area contributed by atoms with Gasteiger partial charge in [-0.1, -0.05) is 13.3 Å². The average Bonchev–Trinajstić information content (AvgIpc) is 2.76. The highest BCUT2D eigenvalue weighted by molar-refractivity contribution is 7.18. The first-order valence-electron chi connectivity index (χ1n) is 6.22. The molecule has 6 nitrogen and oxygen atoms in total. The SMILES string of the molecule is CCCC(C)(NC(=O)c1ccc(NC(C)=O)s1)C(=O)O. The molecule has 0 aliphatic heterocycles. The van der Waals surface area contributed by atoms with Crippen molar-refractivity contribution in [3.05, 3.63) is 17.0 Å². The van der Waals surface area contributed by atoms with Gasteiger partial charge >= 0.3 is 5.97 Å². The molecule has 1 unspecified atom stereocenters. The summed E-state index contributed by atoms with van der Waals surface area (Å²) in [5, 5.41) is 14.9. The number of carboxylic acid groups (broad SMARTS) is 1. The fraction of sp³-hybridized carbons (Fsp3) is 0.462. The second-order valence-corrected chi connectivity index (χ2v) is 5.77. The van der Waals surface area contributed by atoms with Crippen molar-refractivity contribution in [1.82, 2.24) is 5.32 Å². The lowest BCUT2D eigenvalue weighted by Crippen LogP contribution is -2.51. The lowest BCUT2D eigenvalue weighted by Gasteiger charge is -2.25. The molecule has 0 radical (unpaired) electrons. The third-order valence-electron chi connectivity index (χ3n) is 2.74. The molecule has 1 atom stereocenters. The van der Waals surface area contributed by atoms with Gasteiger partial charge in [-0.2, -0.15) is 0 Å². The van der Waals surface area contributed by atoms with Crippen LogP contribution in [-0.2, 0) is 9.59 Å². The molecular formula is C13H18N2O4S. The summed E-state index contributed by atoms with van der Waals surface area (Å²) in [6.45, 7) is 4.72. The topological polar surface area (TPSA) is 95.5 Å². The molecule has 0 aliphatic rings. The molecule has 2 amide bonds. The van der Waals surface area contributed by atoms with Crippen LogP contribution in [0.5, 0.6) is 0 Å². The van der Waals surface area contributed by atoms with E-state index in [9.17, 15) is 19.5 Å². The largest absolute Gasteiger partial charge is 0.480 e. The zero-order valence-corrected chi connectivity index (χ0v) is 12.5. The lowest BCUT2D eigenvalue weighted by atomic mass is 9.96. The van der Waals surface area contributed by atoms with E-state index < -0.39 is 17.4 Å². The van der Waals surface area contributed by atoms with Crippen molar-refractivity contribution in [1.29, 1.82) is 0 Å². The van der Waals surface area contributed by atoms with Crippen LogP contribution < -0.4 is 10.6 Å². The van der Waals surface area contributed by atoms with Crippen molar-refractivity contribution in [3.8, 4) is 0 Å². The number of anilines is 1. The maximum Gasteiger partial charge on any atom is 0.329 e. The van der Waals surface area contributed by atoms with Crippen LogP contribution in [0.2, 0.25) is 0 Å². The summed E-state index contributed by atoms with van der Waals surface area (Å²) in [5.74, 6) is -1.74. The first kappa shape index (κ1) is 16.2. The second-order valence-electron chi connectivity index (χ2n) is 4.69. The van der Waals surface area contributed by atoms with Crippen LogP contribution in [0.25, 0.3) is 0 Å². The summed E-state index contributed by atoms with van der Waals surface area (Å²) < 4.78 is 0. The smallest absolute Gasteiger partial charge is 0.329 e. The molecular weight excluding hydrogens is 280 g/mol. The van der Waals surface area contributed by atoms with Crippen molar-refractivity contribution in [2.75, 3.05) is 5.32 Å². The molecule has 1 aromatic rings. The molecule has 0 aliphatic carbocycles. The van der Waals surface area contributed by atoms with Crippen molar-refractivity contribution in [2.24, 2.45) is 0 Å². The molecule has 0 aromatic carbocycles. The van der Waals surface area contributed by atoms with Crippen molar-refractivity contribution in [3.63, 3.8) is 0 Å². The lowest BCUT2D eigenvalue weighted by molar-refractivity contribution is -0.144. The number of rotatable bonds is 6. The fourth-order valence-corrected chi connectivity index (χ4v) is 2.58. The first-order chi connectivity index (χ1) is 9.28. The van der Waals surface area contributed by atoms with Crippen LogP contribution in [0.3, 0.4) is 0 Å². The second kappa shape index (κ2) is 6.51. The van der Waals surface area contributed by atoms with Crippen molar-refractivity contribution >= 4 is 34.1 Å². The molecule has 20 heavy (non-hydrogen) atoms. The number of nitrogens with one attached hydrogen (secondary N) is 2. The molecule has 7 heteroatoms. The fourth-order valence-electron chi connectivity index (χ4n) is 1.74. The molecule has 0 saturated carbocycles. The van der Waals surface area contributed by atoms with Crippen LogP contribution in [0.4, 0.5) is 5.00 Å². The quantitative estimate of drug-likeness (QED) is 0.749. The maximum atomic E-state index is 12.1. The molecule has 0 bridgehead atoms. The molecule has 1 rings (SSSR count). The Morgan fingerprint density at radius 1 is 1.35 bits per heavy atom. The Bertz CT molecular complexity index is 526. The number of carboxylic acids is 1. The monoisotopic (exact) mass is 298 g/mol. The summed E-state index contributed by atoms with van der Waals surface area (Å²) in [7, 11) is 0. The van der Waals surface area contributed by atoms with Gasteiger partial charge in [0.15, 0.2) is 0 Å². The third-order valence-corrected chi connectivity index (χ3v) is 3.74. The normalized spacial score (nSPS) is 13.3. The minimum absolute atomic E-state index is 0.222. The van der Waals surface area contributed by atoms with Crippen LogP contribution >= 0.6 is 11.3 Å². The molecule has 0 fully saturated rings. The predicted octanol–water partition coefficient (Wildman–Crippen LogP) is 2.08. The van der Waals surface area contributed by atoms with E-state index in [1.54, 1.807) is 12.1 Å². The zero-order chi connectivity index (χ0) is 15.3. The number of carbonyl (C=O) groups is 3. The van der Waals surface area contributed by atoms with Crippen LogP contribution in [-0.4, -0.2) is 28.4 Å². The Hall–Kier alpha value is -1.89. The van der Waals surface area contributed by atoms with Gasteiger partial charge in [0.2, 0.25) is 5.91 Å². The van der Waals surface area contributed by atoms with E-state index in [1.165, 1.54) is 13.8 Å². The Morgan fingerprint density at radius 2 is 2.00 bits per heavy atom. The summed E-state index contributed by atoms with van der Waals surface area (Å²) in [6, 6.07) is 3.17. The third kappa shape index (κ3) is 4.06. The number of hydrogen-bond donors (Lipinski definition) is 3. The molecule has 1 aromatic heterocycles. The van der Waals surface area contributed by atoms with Gasteiger partial charge in [0.25, 0.3) is 5.91 Å². The number of thiophene rings is 1. The summed E-state index contributed by atoms with van der Waals surface area (Å²) in [6.07, 6.45) is 0.989.